The maximum atomic E-state index is 8.71. The first-order valence-electron chi connectivity index (χ1n) is 4.35. The molecule has 0 unspecified atom stereocenters. The van der Waals surface area contributed by atoms with E-state index < -0.39 is 0 Å². The van der Waals surface area contributed by atoms with Gasteiger partial charge >= 0.3 is 0 Å². The molecule has 0 amide bonds. The lowest BCUT2D eigenvalue weighted by Crippen LogP contribution is -1.95. The summed E-state index contributed by atoms with van der Waals surface area (Å²) >= 11 is 2.12. The van der Waals surface area contributed by atoms with Crippen LogP contribution < -0.4 is 0 Å². The van der Waals surface area contributed by atoms with Crippen molar-refractivity contribution in [2.75, 3.05) is 0 Å². The monoisotopic (exact) mass is 284 g/mol. The lowest BCUT2D eigenvalue weighted by Gasteiger charge is -2.00. The highest BCUT2D eigenvalue weighted by Crippen LogP contribution is 2.32. The molecular weight excluding hydrogens is 275 g/mol. The third-order valence-corrected chi connectivity index (χ3v) is 3.04. The summed E-state index contributed by atoms with van der Waals surface area (Å²) in [6.07, 6.45) is 3.78. The molecule has 0 N–H and O–H groups in total. The molecule has 13 heavy (non-hydrogen) atoms. The predicted molar refractivity (Wildman–Crippen MR) is 58.1 cm³/mol. The van der Waals surface area contributed by atoms with Gasteiger partial charge in [0.05, 0.1) is 5.56 Å². The maximum absolute atomic E-state index is 8.71. The van der Waals surface area contributed by atoms with Crippen molar-refractivity contribution in [3.8, 4) is 6.07 Å². The molecule has 2 rings (SSSR count). The average molecular weight is 284 g/mol. The molecule has 1 aromatic rings. The van der Waals surface area contributed by atoms with Crippen molar-refractivity contribution in [3.63, 3.8) is 0 Å². The van der Waals surface area contributed by atoms with Crippen molar-refractivity contribution in [1.82, 2.24) is 4.98 Å². The number of hydrogen-bond donors (Lipinski definition) is 0. The van der Waals surface area contributed by atoms with Crippen molar-refractivity contribution in [3.05, 3.63) is 27.1 Å². The standard InChI is InChI=1S/C10H9IN2/c11-10-8(6-12)3-4-9(13-10)5-7-1-2-7/h3-4,7H,1-2,5H2. The van der Waals surface area contributed by atoms with Gasteiger partial charge in [0.15, 0.2) is 0 Å². The van der Waals surface area contributed by atoms with Crippen LogP contribution >= 0.6 is 22.6 Å². The van der Waals surface area contributed by atoms with E-state index in [-0.39, 0.29) is 0 Å². The van der Waals surface area contributed by atoms with Crippen LogP contribution in [0.4, 0.5) is 0 Å². The molecule has 0 radical (unpaired) electrons. The second-order valence-corrected chi connectivity index (χ2v) is 4.42. The lowest BCUT2D eigenvalue weighted by molar-refractivity contribution is 0.800. The third kappa shape index (κ3) is 2.19. The Balaban J connectivity index is 2.19. The number of rotatable bonds is 2. The van der Waals surface area contributed by atoms with Crippen molar-refractivity contribution in [1.29, 1.82) is 5.26 Å². The number of nitriles is 1. The van der Waals surface area contributed by atoms with Crippen LogP contribution in [-0.2, 0) is 6.42 Å². The zero-order valence-electron chi connectivity index (χ0n) is 7.13. The van der Waals surface area contributed by atoms with E-state index in [1.54, 1.807) is 0 Å². The molecule has 1 heterocycles. The summed E-state index contributed by atoms with van der Waals surface area (Å²) in [4.78, 5) is 4.39. The Labute approximate surface area is 91.1 Å². The fraction of sp³-hybridized carbons (Fsp3) is 0.400. The van der Waals surface area contributed by atoms with E-state index in [0.717, 1.165) is 21.7 Å². The van der Waals surface area contributed by atoms with Crippen LogP contribution in [0.15, 0.2) is 12.1 Å². The van der Waals surface area contributed by atoms with E-state index in [0.29, 0.717) is 5.56 Å². The highest BCUT2D eigenvalue weighted by Gasteiger charge is 2.22. The lowest BCUT2D eigenvalue weighted by atomic mass is 10.2. The first-order valence-corrected chi connectivity index (χ1v) is 5.43. The molecule has 2 nitrogen and oxygen atoms in total. The smallest absolute Gasteiger partial charge is 0.119 e. The first-order chi connectivity index (χ1) is 6.29. The molecular formula is C10H9IN2. The fourth-order valence-corrected chi connectivity index (χ4v) is 1.90. The van der Waals surface area contributed by atoms with Crippen molar-refractivity contribution >= 4 is 22.6 Å². The van der Waals surface area contributed by atoms with E-state index >= 15 is 0 Å². The minimum atomic E-state index is 0.681. The van der Waals surface area contributed by atoms with Gasteiger partial charge in [0, 0.05) is 5.69 Å². The number of aromatic nitrogens is 1. The van der Waals surface area contributed by atoms with Gasteiger partial charge in [0.1, 0.15) is 9.77 Å². The van der Waals surface area contributed by atoms with Crippen LogP contribution in [-0.4, -0.2) is 4.98 Å². The van der Waals surface area contributed by atoms with E-state index in [2.05, 4.69) is 33.6 Å². The SMILES string of the molecule is N#Cc1ccc(CC2CC2)nc1I. The quantitative estimate of drug-likeness (QED) is 0.618. The van der Waals surface area contributed by atoms with Crippen LogP contribution in [0.5, 0.6) is 0 Å². The Morgan fingerprint density at radius 1 is 1.54 bits per heavy atom. The summed E-state index contributed by atoms with van der Waals surface area (Å²) in [6.45, 7) is 0. The van der Waals surface area contributed by atoms with Gasteiger partial charge in [-0.1, -0.05) is 0 Å². The van der Waals surface area contributed by atoms with Crippen molar-refractivity contribution < 1.29 is 0 Å². The van der Waals surface area contributed by atoms with Gasteiger partial charge in [0.25, 0.3) is 0 Å². The molecule has 0 aromatic carbocycles. The second kappa shape index (κ2) is 3.62. The van der Waals surface area contributed by atoms with Crippen molar-refractivity contribution in [2.24, 2.45) is 5.92 Å². The Bertz CT molecular complexity index is 364. The van der Waals surface area contributed by atoms with Gasteiger partial charge in [-0.15, -0.1) is 0 Å². The zero-order chi connectivity index (χ0) is 9.26. The van der Waals surface area contributed by atoms with Crippen LogP contribution in [0.3, 0.4) is 0 Å². The third-order valence-electron chi connectivity index (χ3n) is 2.22. The predicted octanol–water partition coefficient (Wildman–Crippen LogP) is 2.51. The second-order valence-electron chi connectivity index (χ2n) is 3.40. The minimum absolute atomic E-state index is 0.681. The molecule has 0 bridgehead atoms. The summed E-state index contributed by atoms with van der Waals surface area (Å²) in [7, 11) is 0. The molecule has 0 atom stereocenters. The van der Waals surface area contributed by atoms with E-state index in [9.17, 15) is 0 Å². The van der Waals surface area contributed by atoms with Gasteiger partial charge in [-0.3, -0.25) is 0 Å². The van der Waals surface area contributed by atoms with Gasteiger partial charge in [-0.05, 0) is 59.9 Å². The molecule has 0 saturated heterocycles. The summed E-state index contributed by atoms with van der Waals surface area (Å²) < 4.78 is 0.832. The van der Waals surface area contributed by atoms with Crippen molar-refractivity contribution in [2.45, 2.75) is 19.3 Å². The Kier molecular flexibility index (Phi) is 2.49. The summed E-state index contributed by atoms with van der Waals surface area (Å²) in [5.41, 5.74) is 1.81. The maximum Gasteiger partial charge on any atom is 0.119 e. The normalized spacial score (nSPS) is 15.4. The number of halogens is 1. The zero-order valence-corrected chi connectivity index (χ0v) is 9.28. The van der Waals surface area contributed by atoms with Gasteiger partial charge in [-0.2, -0.15) is 5.26 Å². The van der Waals surface area contributed by atoms with Crippen LogP contribution in [0, 0.1) is 20.9 Å². The van der Waals surface area contributed by atoms with Crippen LogP contribution in [0.25, 0.3) is 0 Å². The topological polar surface area (TPSA) is 36.7 Å². The van der Waals surface area contributed by atoms with E-state index in [1.807, 2.05) is 12.1 Å². The molecule has 1 fully saturated rings. The summed E-state index contributed by atoms with van der Waals surface area (Å²) in [6, 6.07) is 5.96. The molecule has 1 aliphatic rings. The van der Waals surface area contributed by atoms with E-state index in [1.165, 1.54) is 12.8 Å². The Morgan fingerprint density at radius 3 is 2.85 bits per heavy atom. The van der Waals surface area contributed by atoms with Crippen LogP contribution in [0.1, 0.15) is 24.1 Å². The fourth-order valence-electron chi connectivity index (χ4n) is 1.29. The first kappa shape index (κ1) is 8.95. The minimum Gasteiger partial charge on any atom is -0.245 e. The van der Waals surface area contributed by atoms with Gasteiger partial charge < -0.3 is 0 Å². The number of pyridine rings is 1. The van der Waals surface area contributed by atoms with Gasteiger partial charge in [0.2, 0.25) is 0 Å². The largest absolute Gasteiger partial charge is 0.245 e. The Hall–Kier alpha value is -0.630. The average Bonchev–Trinajstić information content (AvgIpc) is 2.89. The van der Waals surface area contributed by atoms with Gasteiger partial charge in [-0.25, -0.2) is 4.98 Å². The molecule has 0 aliphatic heterocycles. The molecule has 0 spiro atoms. The molecule has 3 heteroatoms. The summed E-state index contributed by atoms with van der Waals surface area (Å²) in [5, 5.41) is 8.71. The Morgan fingerprint density at radius 2 is 2.31 bits per heavy atom. The molecule has 1 saturated carbocycles. The molecule has 1 aromatic heterocycles. The number of hydrogen-bond acceptors (Lipinski definition) is 2. The molecule has 66 valence electrons. The highest BCUT2D eigenvalue weighted by atomic mass is 127. The molecule has 1 aliphatic carbocycles. The van der Waals surface area contributed by atoms with Crippen LogP contribution in [0.2, 0.25) is 0 Å². The van der Waals surface area contributed by atoms with E-state index in [4.69, 9.17) is 5.26 Å². The summed E-state index contributed by atoms with van der Waals surface area (Å²) in [5.74, 6) is 0.858. The highest BCUT2D eigenvalue weighted by molar-refractivity contribution is 14.1. The number of nitrogens with zero attached hydrogens (tertiary/aromatic N) is 2.